The van der Waals surface area contributed by atoms with Gasteiger partial charge in [0.25, 0.3) is 0 Å². The van der Waals surface area contributed by atoms with Crippen LogP contribution in [0.2, 0.25) is 0 Å². The quantitative estimate of drug-likeness (QED) is 0.858. The zero-order valence-corrected chi connectivity index (χ0v) is 9.91. The van der Waals surface area contributed by atoms with Crippen LogP contribution in [-0.4, -0.2) is 15.8 Å². The number of hydrogen-bond acceptors (Lipinski definition) is 3. The van der Waals surface area contributed by atoms with E-state index in [9.17, 15) is 0 Å². The van der Waals surface area contributed by atoms with Gasteiger partial charge in [-0.15, -0.1) is 0 Å². The summed E-state index contributed by atoms with van der Waals surface area (Å²) in [4.78, 5) is 0. The molecule has 0 spiro atoms. The minimum atomic E-state index is 0.764. The lowest BCUT2D eigenvalue weighted by molar-refractivity contribution is 0.676. The van der Waals surface area contributed by atoms with Crippen molar-refractivity contribution in [2.24, 2.45) is 0 Å². The molecule has 2 heterocycles. The zero-order valence-electron chi connectivity index (χ0n) is 9.10. The molecule has 1 fully saturated rings. The monoisotopic (exact) mass is 233 g/mol. The van der Waals surface area contributed by atoms with Gasteiger partial charge in [0.15, 0.2) is 0 Å². The van der Waals surface area contributed by atoms with Gasteiger partial charge in [0.2, 0.25) is 0 Å². The first kappa shape index (κ1) is 10.1. The molecule has 0 saturated heterocycles. The lowest BCUT2D eigenvalue weighted by atomic mass is 10.3. The van der Waals surface area contributed by atoms with Crippen molar-refractivity contribution in [3.63, 3.8) is 0 Å². The Kier molecular flexibility index (Phi) is 2.76. The number of nitrogens with one attached hydrogen (secondary N) is 1. The zero-order chi connectivity index (χ0) is 10.8. The highest BCUT2D eigenvalue weighted by Crippen LogP contribution is 2.19. The molecule has 3 rings (SSSR count). The molecule has 2 aromatic rings. The SMILES string of the molecule is c1cc(Cn2cc(CNC3CC3)cn2)cs1. The maximum Gasteiger partial charge on any atom is 0.0667 e. The molecule has 0 atom stereocenters. The Balaban J connectivity index is 1.58. The first-order valence-corrected chi connectivity index (χ1v) is 6.60. The Labute approximate surface area is 99.1 Å². The molecule has 0 amide bonds. The van der Waals surface area contributed by atoms with E-state index in [1.807, 2.05) is 10.9 Å². The van der Waals surface area contributed by atoms with Gasteiger partial charge in [-0.25, -0.2) is 0 Å². The molecule has 1 aliphatic carbocycles. The molecule has 0 radical (unpaired) electrons. The van der Waals surface area contributed by atoms with Crippen LogP contribution < -0.4 is 5.32 Å². The summed E-state index contributed by atoms with van der Waals surface area (Å²) in [6.07, 6.45) is 6.76. The van der Waals surface area contributed by atoms with E-state index < -0.39 is 0 Å². The fourth-order valence-electron chi connectivity index (χ4n) is 1.70. The van der Waals surface area contributed by atoms with Crippen molar-refractivity contribution in [3.8, 4) is 0 Å². The highest BCUT2D eigenvalue weighted by Gasteiger charge is 2.20. The van der Waals surface area contributed by atoms with Gasteiger partial charge >= 0.3 is 0 Å². The fraction of sp³-hybridized carbons (Fsp3) is 0.417. The molecule has 1 saturated carbocycles. The van der Waals surface area contributed by atoms with Crippen LogP contribution in [0.15, 0.2) is 29.2 Å². The molecule has 1 aliphatic rings. The molecule has 3 nitrogen and oxygen atoms in total. The first-order valence-electron chi connectivity index (χ1n) is 5.66. The van der Waals surface area contributed by atoms with Crippen molar-refractivity contribution in [2.45, 2.75) is 32.0 Å². The largest absolute Gasteiger partial charge is 0.310 e. The van der Waals surface area contributed by atoms with Crippen LogP contribution in [0.4, 0.5) is 0 Å². The van der Waals surface area contributed by atoms with Gasteiger partial charge in [0.1, 0.15) is 0 Å². The third-order valence-electron chi connectivity index (χ3n) is 2.78. The van der Waals surface area contributed by atoms with E-state index in [2.05, 4.69) is 33.4 Å². The van der Waals surface area contributed by atoms with Crippen LogP contribution in [0.5, 0.6) is 0 Å². The number of rotatable bonds is 5. The minimum Gasteiger partial charge on any atom is -0.310 e. The fourth-order valence-corrected chi connectivity index (χ4v) is 2.36. The van der Waals surface area contributed by atoms with E-state index in [4.69, 9.17) is 0 Å². The highest BCUT2D eigenvalue weighted by atomic mass is 32.1. The lowest BCUT2D eigenvalue weighted by Crippen LogP contribution is -2.14. The molecule has 16 heavy (non-hydrogen) atoms. The first-order chi connectivity index (χ1) is 7.90. The molecular formula is C12H15N3S. The minimum absolute atomic E-state index is 0.764. The second-order valence-electron chi connectivity index (χ2n) is 4.33. The maximum absolute atomic E-state index is 4.37. The van der Waals surface area contributed by atoms with Crippen molar-refractivity contribution in [2.75, 3.05) is 0 Å². The average molecular weight is 233 g/mol. The number of hydrogen-bond donors (Lipinski definition) is 1. The topological polar surface area (TPSA) is 29.9 Å². The predicted octanol–water partition coefficient (Wildman–Crippen LogP) is 2.24. The van der Waals surface area contributed by atoms with Gasteiger partial charge in [0.05, 0.1) is 12.7 Å². The molecule has 1 N–H and O–H groups in total. The van der Waals surface area contributed by atoms with Crippen LogP contribution >= 0.6 is 11.3 Å². The van der Waals surface area contributed by atoms with Crippen LogP contribution in [-0.2, 0) is 13.1 Å². The van der Waals surface area contributed by atoms with Crippen molar-refractivity contribution < 1.29 is 0 Å². The number of nitrogens with zero attached hydrogens (tertiary/aromatic N) is 2. The summed E-state index contributed by atoms with van der Waals surface area (Å²) < 4.78 is 2.01. The maximum atomic E-state index is 4.37. The van der Waals surface area contributed by atoms with Gasteiger partial charge in [0, 0.05) is 24.3 Å². The third-order valence-corrected chi connectivity index (χ3v) is 3.52. The highest BCUT2D eigenvalue weighted by molar-refractivity contribution is 7.07. The smallest absolute Gasteiger partial charge is 0.0667 e. The van der Waals surface area contributed by atoms with Gasteiger partial charge < -0.3 is 5.32 Å². The molecule has 4 heteroatoms. The second kappa shape index (κ2) is 4.39. The van der Waals surface area contributed by atoms with Crippen molar-refractivity contribution in [1.82, 2.24) is 15.1 Å². The van der Waals surface area contributed by atoms with Crippen molar-refractivity contribution in [3.05, 3.63) is 40.3 Å². The molecule has 84 valence electrons. The standard InChI is InChI=1S/C12H15N3S/c1-2-12(1)13-5-11-6-14-15(8-11)7-10-3-4-16-9-10/h3-4,6,8-9,12-13H,1-2,5,7H2. The summed E-state index contributed by atoms with van der Waals surface area (Å²) in [6, 6.07) is 2.91. The van der Waals surface area contributed by atoms with Gasteiger partial charge in [-0.05, 0) is 35.2 Å². The summed E-state index contributed by atoms with van der Waals surface area (Å²) in [7, 11) is 0. The van der Waals surface area contributed by atoms with Crippen LogP contribution in [0, 0.1) is 0 Å². The van der Waals surface area contributed by atoms with E-state index in [0.717, 1.165) is 19.1 Å². The molecule has 0 aromatic carbocycles. The van der Waals surface area contributed by atoms with E-state index >= 15 is 0 Å². The third kappa shape index (κ3) is 2.51. The summed E-state index contributed by atoms with van der Waals surface area (Å²) >= 11 is 1.73. The van der Waals surface area contributed by atoms with E-state index in [1.54, 1.807) is 11.3 Å². The van der Waals surface area contributed by atoms with Crippen molar-refractivity contribution in [1.29, 1.82) is 0 Å². The Morgan fingerprint density at radius 2 is 2.38 bits per heavy atom. The van der Waals surface area contributed by atoms with Gasteiger partial charge in [-0.1, -0.05) is 0 Å². The summed E-state index contributed by atoms with van der Waals surface area (Å²) in [6.45, 7) is 1.83. The van der Waals surface area contributed by atoms with Crippen LogP contribution in [0.3, 0.4) is 0 Å². The average Bonchev–Trinajstić information content (AvgIpc) is 2.78. The van der Waals surface area contributed by atoms with E-state index in [0.29, 0.717) is 0 Å². The molecule has 2 aromatic heterocycles. The second-order valence-corrected chi connectivity index (χ2v) is 5.11. The lowest BCUT2D eigenvalue weighted by Gasteiger charge is -1.99. The number of thiophene rings is 1. The van der Waals surface area contributed by atoms with Crippen molar-refractivity contribution >= 4 is 11.3 Å². The summed E-state index contributed by atoms with van der Waals surface area (Å²) in [5, 5.41) is 12.1. The van der Waals surface area contributed by atoms with Crippen LogP contribution in [0.1, 0.15) is 24.0 Å². The van der Waals surface area contributed by atoms with Gasteiger partial charge in [-0.3, -0.25) is 4.68 Å². The van der Waals surface area contributed by atoms with Crippen LogP contribution in [0.25, 0.3) is 0 Å². The Morgan fingerprint density at radius 3 is 3.12 bits per heavy atom. The van der Waals surface area contributed by atoms with E-state index in [-0.39, 0.29) is 0 Å². The Bertz CT molecular complexity index is 443. The summed E-state index contributed by atoms with van der Waals surface area (Å²) in [5.74, 6) is 0. The predicted molar refractivity (Wildman–Crippen MR) is 65.5 cm³/mol. The Morgan fingerprint density at radius 1 is 1.44 bits per heavy atom. The summed E-state index contributed by atoms with van der Waals surface area (Å²) in [5.41, 5.74) is 2.61. The molecule has 0 bridgehead atoms. The molecule has 0 aliphatic heterocycles. The van der Waals surface area contributed by atoms with E-state index in [1.165, 1.54) is 24.0 Å². The molecular weight excluding hydrogens is 218 g/mol. The number of aromatic nitrogens is 2. The Hall–Kier alpha value is -1.13. The molecule has 0 unspecified atom stereocenters. The normalized spacial score (nSPS) is 15.5. The van der Waals surface area contributed by atoms with Gasteiger partial charge in [-0.2, -0.15) is 16.4 Å².